The SMILES string of the molecule is CCN(CC)c1ccc(N(CCNC(=O)c2ccccc2C)C(C)=O)c(C)c1. The molecule has 0 saturated heterocycles. The van der Waals surface area contributed by atoms with Crippen molar-refractivity contribution in [2.24, 2.45) is 0 Å². The van der Waals surface area contributed by atoms with E-state index in [0.717, 1.165) is 35.6 Å². The fourth-order valence-electron chi connectivity index (χ4n) is 3.38. The highest BCUT2D eigenvalue weighted by Crippen LogP contribution is 2.26. The summed E-state index contributed by atoms with van der Waals surface area (Å²) >= 11 is 0. The minimum atomic E-state index is -0.116. The summed E-state index contributed by atoms with van der Waals surface area (Å²) in [6.07, 6.45) is 0. The predicted octanol–water partition coefficient (Wildman–Crippen LogP) is 3.93. The summed E-state index contributed by atoms with van der Waals surface area (Å²) in [4.78, 5) is 28.6. The second-order valence-corrected chi connectivity index (χ2v) is 6.88. The molecule has 0 bridgehead atoms. The lowest BCUT2D eigenvalue weighted by Crippen LogP contribution is -2.38. The molecular formula is C23H31N3O2. The molecule has 0 radical (unpaired) electrons. The Kier molecular flexibility index (Phi) is 7.61. The number of carbonyl (C=O) groups excluding carboxylic acids is 2. The number of benzene rings is 2. The van der Waals surface area contributed by atoms with Gasteiger partial charge in [0.1, 0.15) is 0 Å². The highest BCUT2D eigenvalue weighted by Gasteiger charge is 2.16. The van der Waals surface area contributed by atoms with Gasteiger partial charge in [0.15, 0.2) is 0 Å². The first kappa shape index (κ1) is 21.5. The molecule has 0 aromatic heterocycles. The molecule has 0 heterocycles. The van der Waals surface area contributed by atoms with Crippen molar-refractivity contribution in [3.8, 4) is 0 Å². The van der Waals surface area contributed by atoms with Gasteiger partial charge in [0.2, 0.25) is 5.91 Å². The van der Waals surface area contributed by atoms with Crippen LogP contribution in [0.2, 0.25) is 0 Å². The Morgan fingerprint density at radius 1 is 0.964 bits per heavy atom. The van der Waals surface area contributed by atoms with Crippen molar-refractivity contribution in [2.45, 2.75) is 34.6 Å². The second kappa shape index (κ2) is 9.93. The van der Waals surface area contributed by atoms with E-state index in [9.17, 15) is 9.59 Å². The molecule has 0 fully saturated rings. The van der Waals surface area contributed by atoms with Gasteiger partial charge < -0.3 is 15.1 Å². The normalized spacial score (nSPS) is 10.5. The van der Waals surface area contributed by atoms with E-state index in [-0.39, 0.29) is 11.8 Å². The Bertz CT molecular complexity index is 828. The lowest BCUT2D eigenvalue weighted by atomic mass is 10.1. The van der Waals surface area contributed by atoms with Crippen LogP contribution >= 0.6 is 0 Å². The molecule has 0 aliphatic rings. The molecule has 0 aliphatic heterocycles. The van der Waals surface area contributed by atoms with E-state index in [2.05, 4.69) is 36.2 Å². The Labute approximate surface area is 168 Å². The fourth-order valence-corrected chi connectivity index (χ4v) is 3.38. The molecule has 5 heteroatoms. The van der Waals surface area contributed by atoms with Crippen LogP contribution in [0.3, 0.4) is 0 Å². The van der Waals surface area contributed by atoms with Gasteiger partial charge in [-0.15, -0.1) is 0 Å². The highest BCUT2D eigenvalue weighted by molar-refractivity contribution is 5.96. The lowest BCUT2D eigenvalue weighted by molar-refractivity contribution is -0.116. The van der Waals surface area contributed by atoms with Crippen LogP contribution in [0.1, 0.15) is 42.3 Å². The second-order valence-electron chi connectivity index (χ2n) is 6.88. The van der Waals surface area contributed by atoms with E-state index >= 15 is 0 Å². The Morgan fingerprint density at radius 2 is 1.64 bits per heavy atom. The highest BCUT2D eigenvalue weighted by atomic mass is 16.2. The van der Waals surface area contributed by atoms with Crippen LogP contribution in [0, 0.1) is 13.8 Å². The maximum absolute atomic E-state index is 12.4. The van der Waals surface area contributed by atoms with E-state index in [4.69, 9.17) is 0 Å². The summed E-state index contributed by atoms with van der Waals surface area (Å²) in [5.74, 6) is -0.154. The molecule has 0 saturated carbocycles. The van der Waals surface area contributed by atoms with E-state index in [1.165, 1.54) is 0 Å². The monoisotopic (exact) mass is 381 g/mol. The van der Waals surface area contributed by atoms with Crippen LogP contribution in [-0.4, -0.2) is 38.0 Å². The molecule has 0 unspecified atom stereocenters. The van der Waals surface area contributed by atoms with E-state index < -0.39 is 0 Å². The molecule has 2 aromatic rings. The molecule has 2 amide bonds. The molecule has 1 N–H and O–H groups in total. The van der Waals surface area contributed by atoms with Crippen LogP contribution in [-0.2, 0) is 4.79 Å². The third kappa shape index (κ3) is 5.12. The van der Waals surface area contributed by atoms with Crippen molar-refractivity contribution in [1.82, 2.24) is 5.32 Å². The van der Waals surface area contributed by atoms with Crippen molar-refractivity contribution in [3.63, 3.8) is 0 Å². The molecule has 0 aliphatic carbocycles. The zero-order valence-electron chi connectivity index (χ0n) is 17.6. The summed E-state index contributed by atoms with van der Waals surface area (Å²) in [7, 11) is 0. The minimum absolute atomic E-state index is 0.0381. The number of nitrogens with one attached hydrogen (secondary N) is 1. The van der Waals surface area contributed by atoms with Crippen molar-refractivity contribution in [3.05, 3.63) is 59.2 Å². The van der Waals surface area contributed by atoms with Crippen molar-refractivity contribution in [2.75, 3.05) is 36.0 Å². The lowest BCUT2D eigenvalue weighted by Gasteiger charge is -2.26. The number of hydrogen-bond acceptors (Lipinski definition) is 3. The van der Waals surface area contributed by atoms with Gasteiger partial charge in [0.25, 0.3) is 5.91 Å². The van der Waals surface area contributed by atoms with Gasteiger partial charge in [-0.05, 0) is 63.1 Å². The number of carbonyl (C=O) groups is 2. The number of aryl methyl sites for hydroxylation is 2. The quantitative estimate of drug-likeness (QED) is 0.754. The first-order valence-corrected chi connectivity index (χ1v) is 9.86. The third-order valence-electron chi connectivity index (χ3n) is 4.99. The summed E-state index contributed by atoms with van der Waals surface area (Å²) in [6.45, 7) is 12.5. The van der Waals surface area contributed by atoms with Gasteiger partial charge in [-0.1, -0.05) is 18.2 Å². The zero-order valence-corrected chi connectivity index (χ0v) is 17.6. The molecule has 5 nitrogen and oxygen atoms in total. The summed E-state index contributed by atoms with van der Waals surface area (Å²) in [6, 6.07) is 13.6. The maximum atomic E-state index is 12.4. The number of hydrogen-bond donors (Lipinski definition) is 1. The molecule has 0 spiro atoms. The number of amides is 2. The van der Waals surface area contributed by atoms with Gasteiger partial charge in [-0.2, -0.15) is 0 Å². The molecule has 2 aromatic carbocycles. The standard InChI is InChI=1S/C23H31N3O2/c1-6-25(7-2)20-12-13-22(18(4)16-20)26(19(5)27)15-14-24-23(28)21-11-9-8-10-17(21)3/h8-13,16H,6-7,14-15H2,1-5H3,(H,24,28). The first-order valence-electron chi connectivity index (χ1n) is 9.86. The molecule has 28 heavy (non-hydrogen) atoms. The van der Waals surface area contributed by atoms with Crippen molar-refractivity contribution < 1.29 is 9.59 Å². The number of rotatable bonds is 8. The van der Waals surface area contributed by atoms with Gasteiger partial charge in [0, 0.05) is 50.0 Å². The van der Waals surface area contributed by atoms with Gasteiger partial charge in [0.05, 0.1) is 0 Å². The summed E-state index contributed by atoms with van der Waals surface area (Å²) < 4.78 is 0. The molecular weight excluding hydrogens is 350 g/mol. The van der Waals surface area contributed by atoms with Crippen LogP contribution in [0.5, 0.6) is 0 Å². The van der Waals surface area contributed by atoms with Crippen molar-refractivity contribution in [1.29, 1.82) is 0 Å². The first-order chi connectivity index (χ1) is 13.4. The van der Waals surface area contributed by atoms with Crippen molar-refractivity contribution >= 4 is 23.2 Å². The van der Waals surface area contributed by atoms with E-state index in [0.29, 0.717) is 18.7 Å². The molecule has 0 atom stereocenters. The molecule has 150 valence electrons. The average Bonchev–Trinajstić information content (AvgIpc) is 2.67. The minimum Gasteiger partial charge on any atom is -0.372 e. The molecule has 2 rings (SSSR count). The van der Waals surface area contributed by atoms with Crippen LogP contribution in [0.15, 0.2) is 42.5 Å². The van der Waals surface area contributed by atoms with Crippen LogP contribution < -0.4 is 15.1 Å². The number of nitrogens with zero attached hydrogens (tertiary/aromatic N) is 2. The predicted molar refractivity (Wildman–Crippen MR) is 116 cm³/mol. The zero-order chi connectivity index (χ0) is 20.7. The fraction of sp³-hybridized carbons (Fsp3) is 0.391. The summed E-state index contributed by atoms with van der Waals surface area (Å²) in [5.41, 5.74) is 4.68. The van der Waals surface area contributed by atoms with Gasteiger partial charge in [-0.25, -0.2) is 0 Å². The van der Waals surface area contributed by atoms with E-state index in [1.807, 2.05) is 44.2 Å². The smallest absolute Gasteiger partial charge is 0.251 e. The third-order valence-corrected chi connectivity index (χ3v) is 4.99. The Morgan fingerprint density at radius 3 is 2.21 bits per heavy atom. The number of anilines is 2. The summed E-state index contributed by atoms with van der Waals surface area (Å²) in [5, 5.41) is 2.92. The van der Waals surface area contributed by atoms with Crippen LogP contribution in [0.25, 0.3) is 0 Å². The Hall–Kier alpha value is -2.82. The maximum Gasteiger partial charge on any atom is 0.251 e. The van der Waals surface area contributed by atoms with Gasteiger partial charge in [-0.3, -0.25) is 9.59 Å². The Balaban J connectivity index is 2.08. The van der Waals surface area contributed by atoms with Gasteiger partial charge >= 0.3 is 0 Å². The topological polar surface area (TPSA) is 52.6 Å². The average molecular weight is 382 g/mol. The largest absolute Gasteiger partial charge is 0.372 e. The van der Waals surface area contributed by atoms with E-state index in [1.54, 1.807) is 11.8 Å². The van der Waals surface area contributed by atoms with Crippen LogP contribution in [0.4, 0.5) is 11.4 Å².